The highest BCUT2D eigenvalue weighted by atomic mass is 32.2. The number of thiol groups is 1. The van der Waals surface area contributed by atoms with Crippen molar-refractivity contribution in [3.63, 3.8) is 0 Å². The quantitative estimate of drug-likeness (QED) is 0.245. The number of nitrogens with zero attached hydrogens (tertiary/aromatic N) is 4. The van der Waals surface area contributed by atoms with Crippen LogP contribution in [0.3, 0.4) is 0 Å². The van der Waals surface area contributed by atoms with E-state index in [1.54, 1.807) is 74.9 Å². The van der Waals surface area contributed by atoms with Gasteiger partial charge in [-0.1, -0.05) is 18.2 Å². The van der Waals surface area contributed by atoms with Gasteiger partial charge in [-0.05, 0) is 56.3 Å². The molecule has 1 saturated heterocycles. The van der Waals surface area contributed by atoms with Crippen LogP contribution in [0, 0.1) is 0 Å². The molecule has 0 aliphatic carbocycles. The Morgan fingerprint density at radius 1 is 0.900 bits per heavy atom. The summed E-state index contributed by atoms with van der Waals surface area (Å²) in [4.78, 5) is 24.1. The molecule has 12 heteroatoms. The number of benzene rings is 3. The first kappa shape index (κ1) is 27.2. The maximum Gasteiger partial charge on any atom is 0.238 e. The number of aromatic nitrogens is 2. The van der Waals surface area contributed by atoms with E-state index in [-0.39, 0.29) is 24.1 Å². The molecule has 208 valence electrons. The fraction of sp³-hybridized carbons (Fsp3) is 0.250. The number of methoxy groups -OCH3 is 2. The Morgan fingerprint density at radius 2 is 1.57 bits per heavy atom. The van der Waals surface area contributed by atoms with Crippen molar-refractivity contribution in [2.75, 3.05) is 48.8 Å². The number of likely N-dealkylation sites (tertiary alicyclic amines) is 1. The predicted molar refractivity (Wildman–Crippen MR) is 156 cm³/mol. The molecule has 0 spiro atoms. The van der Waals surface area contributed by atoms with Crippen molar-refractivity contribution in [1.29, 1.82) is 0 Å². The molecule has 1 aliphatic rings. The number of anilines is 5. The van der Waals surface area contributed by atoms with E-state index in [0.29, 0.717) is 39.6 Å². The Hall–Kier alpha value is -4.42. The second-order valence-electron chi connectivity index (χ2n) is 9.24. The van der Waals surface area contributed by atoms with Gasteiger partial charge in [0.2, 0.25) is 16.8 Å². The van der Waals surface area contributed by atoms with E-state index in [9.17, 15) is 13.2 Å². The maximum absolute atomic E-state index is 12.7. The predicted octanol–water partition coefficient (Wildman–Crippen LogP) is 4.09. The number of carbonyl (C=O) groups excluding carboxylic acids is 1. The largest absolute Gasteiger partial charge is 0.497 e. The summed E-state index contributed by atoms with van der Waals surface area (Å²) in [5.74, 6) is 1.20. The summed E-state index contributed by atoms with van der Waals surface area (Å²) in [6.45, 7) is 2.08. The van der Waals surface area contributed by atoms with Crippen molar-refractivity contribution in [2.45, 2.75) is 12.8 Å². The molecule has 2 N–H and O–H groups in total. The first-order chi connectivity index (χ1) is 19.4. The number of hydrogen-bond acceptors (Lipinski definition) is 9. The summed E-state index contributed by atoms with van der Waals surface area (Å²) in [7, 11) is -0.120. The van der Waals surface area contributed by atoms with Gasteiger partial charge in [0.15, 0.2) is 11.6 Å². The molecule has 0 atom stereocenters. The third kappa shape index (κ3) is 6.24. The van der Waals surface area contributed by atoms with Crippen molar-refractivity contribution in [3.05, 3.63) is 66.7 Å². The lowest BCUT2D eigenvalue weighted by Crippen LogP contribution is -2.30. The van der Waals surface area contributed by atoms with E-state index >= 15 is 0 Å². The fourth-order valence-corrected chi connectivity index (χ4v) is 5.20. The van der Waals surface area contributed by atoms with Crippen LogP contribution < -0.4 is 24.4 Å². The number of rotatable bonds is 10. The highest BCUT2D eigenvalue weighted by molar-refractivity contribution is 7.74. The summed E-state index contributed by atoms with van der Waals surface area (Å²) in [6.07, 6.45) is 2.17. The average Bonchev–Trinajstić information content (AvgIpc) is 3.46. The van der Waals surface area contributed by atoms with E-state index in [2.05, 4.69) is 20.5 Å². The second kappa shape index (κ2) is 12.2. The van der Waals surface area contributed by atoms with E-state index in [4.69, 9.17) is 14.5 Å². The van der Waals surface area contributed by atoms with Crippen LogP contribution in [-0.4, -0.2) is 63.0 Å². The van der Waals surface area contributed by atoms with Gasteiger partial charge in [0, 0.05) is 29.6 Å². The SMILES string of the molecule is COc1cc(Nc2nc3ccccc3nc2N(c2cccc(NC(=O)CN3CCCC3)c2)[SH](=O)=O)cc(OC)c1. The Labute approximate surface area is 233 Å². The van der Waals surface area contributed by atoms with Gasteiger partial charge in [0.25, 0.3) is 0 Å². The zero-order valence-electron chi connectivity index (χ0n) is 22.2. The van der Waals surface area contributed by atoms with Crippen LogP contribution in [0.1, 0.15) is 12.8 Å². The van der Waals surface area contributed by atoms with Crippen LogP contribution in [0.4, 0.5) is 28.7 Å². The molecule has 3 aromatic carbocycles. The third-order valence-electron chi connectivity index (χ3n) is 6.47. The number of nitrogens with one attached hydrogen (secondary N) is 2. The van der Waals surface area contributed by atoms with Gasteiger partial charge in [-0.15, -0.1) is 0 Å². The van der Waals surface area contributed by atoms with Crippen LogP contribution in [0.25, 0.3) is 11.0 Å². The highest BCUT2D eigenvalue weighted by Crippen LogP contribution is 2.35. The molecule has 0 saturated carbocycles. The molecule has 5 rings (SSSR count). The van der Waals surface area contributed by atoms with Crippen LogP contribution in [-0.2, 0) is 15.7 Å². The highest BCUT2D eigenvalue weighted by Gasteiger charge is 2.22. The van der Waals surface area contributed by atoms with Gasteiger partial charge in [-0.2, -0.15) is 0 Å². The Kier molecular flexibility index (Phi) is 8.27. The van der Waals surface area contributed by atoms with Crippen molar-refractivity contribution in [3.8, 4) is 11.5 Å². The summed E-state index contributed by atoms with van der Waals surface area (Å²) in [5.41, 5.74) is 2.43. The molecule has 4 aromatic rings. The molecule has 0 bridgehead atoms. The first-order valence-electron chi connectivity index (χ1n) is 12.8. The minimum absolute atomic E-state index is 0.0668. The number of hydrogen-bond donors (Lipinski definition) is 3. The smallest absolute Gasteiger partial charge is 0.238 e. The maximum atomic E-state index is 12.7. The van der Waals surface area contributed by atoms with Gasteiger partial charge in [0.05, 0.1) is 37.5 Å². The van der Waals surface area contributed by atoms with Crippen LogP contribution in [0.2, 0.25) is 0 Å². The zero-order valence-corrected chi connectivity index (χ0v) is 23.1. The number of carbonyl (C=O) groups is 1. The molecule has 1 aromatic heterocycles. The number of amides is 1. The minimum Gasteiger partial charge on any atom is -0.497 e. The molecule has 11 nitrogen and oxygen atoms in total. The average molecular weight is 563 g/mol. The first-order valence-corrected chi connectivity index (χ1v) is 13.9. The monoisotopic (exact) mass is 562 g/mol. The normalized spacial score (nSPS) is 13.4. The summed E-state index contributed by atoms with van der Waals surface area (Å²) in [6, 6.07) is 19.0. The van der Waals surface area contributed by atoms with Crippen LogP contribution in [0.5, 0.6) is 11.5 Å². The molecular weight excluding hydrogens is 532 g/mol. The van der Waals surface area contributed by atoms with E-state index in [1.165, 1.54) is 0 Å². The van der Waals surface area contributed by atoms with E-state index in [0.717, 1.165) is 30.2 Å². The molecule has 40 heavy (non-hydrogen) atoms. The molecular formula is C28H30N6O5S. The lowest BCUT2D eigenvalue weighted by Gasteiger charge is -2.21. The Morgan fingerprint density at radius 3 is 2.23 bits per heavy atom. The van der Waals surface area contributed by atoms with Crippen LogP contribution in [0.15, 0.2) is 66.7 Å². The van der Waals surface area contributed by atoms with Crippen molar-refractivity contribution in [2.24, 2.45) is 0 Å². The number of ether oxygens (including phenoxy) is 2. The van der Waals surface area contributed by atoms with E-state index in [1.807, 2.05) is 6.07 Å². The molecule has 2 heterocycles. The van der Waals surface area contributed by atoms with E-state index < -0.39 is 10.9 Å². The van der Waals surface area contributed by atoms with Gasteiger partial charge in [-0.25, -0.2) is 22.7 Å². The Bertz CT molecular complexity index is 1580. The summed E-state index contributed by atoms with van der Waals surface area (Å²) >= 11 is 0. The fourth-order valence-electron chi connectivity index (χ4n) is 4.59. The molecule has 1 amide bonds. The summed E-state index contributed by atoms with van der Waals surface area (Å²) in [5, 5.41) is 6.07. The number of para-hydroxylation sites is 2. The number of fused-ring (bicyclic) bond motifs is 1. The topological polar surface area (TPSA) is 126 Å². The molecule has 1 aliphatic heterocycles. The molecule has 1 fully saturated rings. The lowest BCUT2D eigenvalue weighted by atomic mass is 10.2. The van der Waals surface area contributed by atoms with Gasteiger partial charge in [0.1, 0.15) is 11.5 Å². The van der Waals surface area contributed by atoms with Crippen molar-refractivity contribution in [1.82, 2.24) is 14.9 Å². The zero-order chi connectivity index (χ0) is 28.1. The van der Waals surface area contributed by atoms with Crippen molar-refractivity contribution >= 4 is 56.5 Å². The van der Waals surface area contributed by atoms with Gasteiger partial charge in [-0.3, -0.25) is 9.69 Å². The Balaban J connectivity index is 1.53. The summed E-state index contributed by atoms with van der Waals surface area (Å²) < 4.78 is 37.3. The van der Waals surface area contributed by atoms with Gasteiger partial charge < -0.3 is 20.1 Å². The molecule has 0 radical (unpaired) electrons. The second-order valence-corrected chi connectivity index (χ2v) is 10.1. The lowest BCUT2D eigenvalue weighted by molar-refractivity contribution is -0.117. The molecule has 0 unspecified atom stereocenters. The van der Waals surface area contributed by atoms with Crippen molar-refractivity contribution < 1.29 is 22.7 Å². The van der Waals surface area contributed by atoms with Gasteiger partial charge >= 0.3 is 0 Å². The third-order valence-corrected chi connectivity index (χ3v) is 7.22. The standard InChI is InChI=1S/C28H30N6O5S/c1-38-22-15-20(16-23(17-22)39-2)30-27-28(32-25-11-4-3-10-24(25)31-27)34(40(36)37)21-9-7-8-19(14-21)29-26(35)18-33-12-5-6-13-33/h3-4,7-11,14-17,40H,5-6,12-13,18H2,1-2H3,(H,29,35)(H,30,31). The minimum atomic E-state index is -3.20. The van der Waals surface area contributed by atoms with Crippen LogP contribution >= 0.6 is 0 Å².